The summed E-state index contributed by atoms with van der Waals surface area (Å²) >= 11 is 0. The van der Waals surface area contributed by atoms with Gasteiger partial charge in [-0.3, -0.25) is 9.59 Å². The van der Waals surface area contributed by atoms with E-state index in [-0.39, 0.29) is 30.3 Å². The van der Waals surface area contributed by atoms with Crippen LogP contribution < -0.4 is 16.4 Å². The fraction of sp³-hybridized carbons (Fsp3) is 0.529. The molecule has 120 valence electrons. The topological polar surface area (TPSA) is 84.2 Å². The van der Waals surface area contributed by atoms with Gasteiger partial charge in [-0.15, -0.1) is 0 Å². The molecule has 2 amide bonds. The molecule has 5 heteroatoms. The Labute approximate surface area is 131 Å². The third-order valence-electron chi connectivity index (χ3n) is 4.22. The zero-order valence-corrected chi connectivity index (χ0v) is 13.2. The molecular weight excluding hydrogens is 278 g/mol. The molecule has 1 aromatic carbocycles. The summed E-state index contributed by atoms with van der Waals surface area (Å²) in [5.41, 5.74) is 7.05. The highest BCUT2D eigenvalue weighted by Crippen LogP contribution is 2.36. The maximum Gasteiger partial charge on any atom is 0.239 e. The van der Waals surface area contributed by atoms with Crippen molar-refractivity contribution in [3.63, 3.8) is 0 Å². The number of hydrogen-bond donors (Lipinski definition) is 3. The van der Waals surface area contributed by atoms with Gasteiger partial charge in [0.1, 0.15) is 0 Å². The largest absolute Gasteiger partial charge is 0.352 e. The van der Waals surface area contributed by atoms with Gasteiger partial charge in [-0.05, 0) is 30.2 Å². The van der Waals surface area contributed by atoms with Crippen molar-refractivity contribution in [2.24, 2.45) is 11.7 Å². The van der Waals surface area contributed by atoms with Crippen LogP contribution in [0.4, 0.5) is 0 Å². The SMILES string of the molecule is CC(C)[C@H](N)C(=O)NCC(=O)NC1CC(c2ccccc2)C1. The highest BCUT2D eigenvalue weighted by atomic mass is 16.2. The van der Waals surface area contributed by atoms with E-state index in [9.17, 15) is 9.59 Å². The van der Waals surface area contributed by atoms with Crippen LogP contribution in [0, 0.1) is 5.92 Å². The first-order chi connectivity index (χ1) is 10.5. The van der Waals surface area contributed by atoms with Gasteiger partial charge in [0.15, 0.2) is 0 Å². The quantitative estimate of drug-likeness (QED) is 0.737. The van der Waals surface area contributed by atoms with Gasteiger partial charge in [0.05, 0.1) is 12.6 Å². The monoisotopic (exact) mass is 303 g/mol. The standard InChI is InChI=1S/C17H25N3O2/c1-11(2)16(18)17(22)19-10-15(21)20-14-8-13(9-14)12-6-4-3-5-7-12/h3-7,11,13-14,16H,8-10,18H2,1-2H3,(H,19,22)(H,20,21)/t13?,14?,16-/m0/s1. The van der Waals surface area contributed by atoms with E-state index in [4.69, 9.17) is 5.73 Å². The summed E-state index contributed by atoms with van der Waals surface area (Å²) in [6, 6.07) is 9.95. The number of benzene rings is 1. The number of nitrogens with two attached hydrogens (primary N) is 1. The van der Waals surface area contributed by atoms with Crippen LogP contribution in [-0.4, -0.2) is 30.4 Å². The number of nitrogens with one attached hydrogen (secondary N) is 2. The van der Waals surface area contributed by atoms with Gasteiger partial charge in [-0.2, -0.15) is 0 Å². The predicted molar refractivity (Wildman–Crippen MR) is 86.2 cm³/mol. The van der Waals surface area contributed by atoms with E-state index in [0.717, 1.165) is 12.8 Å². The molecule has 22 heavy (non-hydrogen) atoms. The summed E-state index contributed by atoms with van der Waals surface area (Å²) in [5.74, 6) is 0.151. The molecule has 0 saturated heterocycles. The molecule has 0 unspecified atom stereocenters. The summed E-state index contributed by atoms with van der Waals surface area (Å²) in [6.45, 7) is 3.75. The predicted octanol–water partition coefficient (Wildman–Crippen LogP) is 1.15. The lowest BCUT2D eigenvalue weighted by molar-refractivity contribution is -0.128. The number of hydrogen-bond acceptors (Lipinski definition) is 3. The third kappa shape index (κ3) is 4.31. The lowest BCUT2D eigenvalue weighted by Gasteiger charge is -2.36. The average molecular weight is 303 g/mol. The molecule has 2 rings (SSSR count). The first kappa shape index (κ1) is 16.5. The number of carbonyl (C=O) groups is 2. The van der Waals surface area contributed by atoms with Crippen molar-refractivity contribution in [1.29, 1.82) is 0 Å². The van der Waals surface area contributed by atoms with E-state index in [2.05, 4.69) is 22.8 Å². The Hall–Kier alpha value is -1.88. The van der Waals surface area contributed by atoms with E-state index < -0.39 is 6.04 Å². The Morgan fingerprint density at radius 2 is 1.86 bits per heavy atom. The first-order valence-electron chi connectivity index (χ1n) is 7.85. The van der Waals surface area contributed by atoms with Crippen LogP contribution in [0.1, 0.15) is 38.2 Å². The van der Waals surface area contributed by atoms with Crippen molar-refractivity contribution in [2.45, 2.75) is 44.7 Å². The van der Waals surface area contributed by atoms with E-state index in [0.29, 0.717) is 5.92 Å². The molecule has 1 fully saturated rings. The second kappa shape index (κ2) is 7.40. The highest BCUT2D eigenvalue weighted by Gasteiger charge is 2.31. The van der Waals surface area contributed by atoms with Gasteiger partial charge < -0.3 is 16.4 Å². The van der Waals surface area contributed by atoms with Gasteiger partial charge in [-0.25, -0.2) is 0 Å². The Morgan fingerprint density at radius 1 is 1.23 bits per heavy atom. The zero-order chi connectivity index (χ0) is 16.1. The summed E-state index contributed by atoms with van der Waals surface area (Å²) in [4.78, 5) is 23.5. The molecule has 0 bridgehead atoms. The summed E-state index contributed by atoms with van der Waals surface area (Å²) in [5, 5.41) is 5.53. The molecule has 1 atom stereocenters. The molecule has 1 aromatic rings. The molecule has 0 radical (unpaired) electrons. The lowest BCUT2D eigenvalue weighted by atomic mass is 9.76. The Morgan fingerprint density at radius 3 is 2.45 bits per heavy atom. The van der Waals surface area contributed by atoms with Crippen LogP contribution in [-0.2, 0) is 9.59 Å². The maximum absolute atomic E-state index is 11.8. The third-order valence-corrected chi connectivity index (χ3v) is 4.22. The molecule has 0 heterocycles. The van der Waals surface area contributed by atoms with E-state index >= 15 is 0 Å². The van der Waals surface area contributed by atoms with Crippen molar-refractivity contribution >= 4 is 11.8 Å². The molecule has 5 nitrogen and oxygen atoms in total. The van der Waals surface area contributed by atoms with Crippen molar-refractivity contribution in [3.8, 4) is 0 Å². The second-order valence-electron chi connectivity index (χ2n) is 6.33. The Balaban J connectivity index is 1.66. The van der Waals surface area contributed by atoms with Gasteiger partial charge in [0.2, 0.25) is 11.8 Å². The Bertz CT molecular complexity index is 510. The van der Waals surface area contributed by atoms with Crippen molar-refractivity contribution in [3.05, 3.63) is 35.9 Å². The normalized spacial score (nSPS) is 21.8. The van der Waals surface area contributed by atoms with Gasteiger partial charge >= 0.3 is 0 Å². The average Bonchev–Trinajstić information content (AvgIpc) is 2.48. The molecule has 1 aliphatic carbocycles. The van der Waals surface area contributed by atoms with Crippen molar-refractivity contribution in [1.82, 2.24) is 10.6 Å². The lowest BCUT2D eigenvalue weighted by Crippen LogP contribution is -2.50. The molecule has 4 N–H and O–H groups in total. The minimum absolute atomic E-state index is 0.00818. The molecule has 0 aliphatic heterocycles. The van der Waals surface area contributed by atoms with Crippen LogP contribution in [0.2, 0.25) is 0 Å². The molecule has 0 spiro atoms. The molecule has 0 aromatic heterocycles. The molecule has 1 aliphatic rings. The number of amides is 2. The van der Waals surface area contributed by atoms with Crippen LogP contribution in [0.25, 0.3) is 0 Å². The summed E-state index contributed by atoms with van der Waals surface area (Å²) < 4.78 is 0. The van der Waals surface area contributed by atoms with Crippen LogP contribution in [0.3, 0.4) is 0 Å². The van der Waals surface area contributed by atoms with Gasteiger partial charge in [0.25, 0.3) is 0 Å². The molecular formula is C17H25N3O2. The fourth-order valence-electron chi connectivity index (χ4n) is 2.60. The summed E-state index contributed by atoms with van der Waals surface area (Å²) in [6.07, 6.45) is 1.91. The summed E-state index contributed by atoms with van der Waals surface area (Å²) in [7, 11) is 0. The fourth-order valence-corrected chi connectivity index (χ4v) is 2.60. The van der Waals surface area contributed by atoms with E-state index in [1.807, 2.05) is 32.0 Å². The Kier molecular flexibility index (Phi) is 5.55. The van der Waals surface area contributed by atoms with Crippen LogP contribution in [0.15, 0.2) is 30.3 Å². The minimum Gasteiger partial charge on any atom is -0.352 e. The van der Waals surface area contributed by atoms with E-state index in [1.54, 1.807) is 0 Å². The maximum atomic E-state index is 11.8. The van der Waals surface area contributed by atoms with Crippen LogP contribution in [0.5, 0.6) is 0 Å². The minimum atomic E-state index is -0.570. The number of rotatable bonds is 6. The van der Waals surface area contributed by atoms with Gasteiger partial charge in [0, 0.05) is 6.04 Å². The van der Waals surface area contributed by atoms with Crippen molar-refractivity contribution in [2.75, 3.05) is 6.54 Å². The first-order valence-corrected chi connectivity index (χ1v) is 7.85. The zero-order valence-electron chi connectivity index (χ0n) is 13.2. The molecule has 1 saturated carbocycles. The van der Waals surface area contributed by atoms with Gasteiger partial charge in [-0.1, -0.05) is 44.2 Å². The second-order valence-corrected chi connectivity index (χ2v) is 6.33. The van der Waals surface area contributed by atoms with Crippen LogP contribution >= 0.6 is 0 Å². The van der Waals surface area contributed by atoms with E-state index in [1.165, 1.54) is 5.56 Å². The number of carbonyl (C=O) groups excluding carboxylic acids is 2. The van der Waals surface area contributed by atoms with Crippen molar-refractivity contribution < 1.29 is 9.59 Å². The highest BCUT2D eigenvalue weighted by molar-refractivity contribution is 5.87. The smallest absolute Gasteiger partial charge is 0.239 e.